The Morgan fingerprint density at radius 2 is 2.21 bits per heavy atom. The number of nitrogens with one attached hydrogen (secondary N) is 1. The molecule has 1 aromatic heterocycles. The minimum absolute atomic E-state index is 0.0152. The van der Waals surface area contributed by atoms with Gasteiger partial charge in [0.1, 0.15) is 10.5 Å². The van der Waals surface area contributed by atoms with Crippen LogP contribution in [0.1, 0.15) is 47.6 Å². The minimum Gasteiger partial charge on any atom is -0.346 e. The fraction of sp³-hybridized carbons (Fsp3) is 0.500. The molecule has 0 aliphatic heterocycles. The number of aromatic amines is 1. The Morgan fingerprint density at radius 1 is 1.57 bits per heavy atom. The molecule has 0 radical (unpaired) electrons. The van der Waals surface area contributed by atoms with Gasteiger partial charge in [0.15, 0.2) is 5.78 Å². The molecule has 1 saturated carbocycles. The summed E-state index contributed by atoms with van der Waals surface area (Å²) >= 11 is 5.10. The highest BCUT2D eigenvalue weighted by atomic mass is 32.1. The molecular formula is C10H12N2OS. The summed E-state index contributed by atoms with van der Waals surface area (Å²) in [5.41, 5.74) is 1.41. The molecule has 0 atom stereocenters. The topological polar surface area (TPSA) is 45.8 Å². The second-order valence-electron chi connectivity index (χ2n) is 3.76. The van der Waals surface area contributed by atoms with Crippen LogP contribution in [0.2, 0.25) is 0 Å². The van der Waals surface area contributed by atoms with Crippen molar-refractivity contribution in [3.8, 4) is 0 Å². The summed E-state index contributed by atoms with van der Waals surface area (Å²) in [6.45, 7) is 3.39. The lowest BCUT2D eigenvalue weighted by Gasteiger charge is -2.05. The number of nitrogens with zero attached hydrogens (tertiary/aromatic N) is 1. The van der Waals surface area contributed by atoms with Gasteiger partial charge >= 0.3 is 0 Å². The van der Waals surface area contributed by atoms with Gasteiger partial charge in [-0.2, -0.15) is 0 Å². The Hall–Kier alpha value is -1.03. The fourth-order valence-corrected chi connectivity index (χ4v) is 1.97. The van der Waals surface area contributed by atoms with E-state index in [4.69, 9.17) is 12.2 Å². The Balaban J connectivity index is 2.55. The molecule has 74 valence electrons. The van der Waals surface area contributed by atoms with E-state index in [-0.39, 0.29) is 5.78 Å². The SMILES string of the molecule is CC(=O)c1c(C)[nH]c(C2CC2)nc1=S. The van der Waals surface area contributed by atoms with E-state index < -0.39 is 0 Å². The smallest absolute Gasteiger partial charge is 0.164 e. The summed E-state index contributed by atoms with van der Waals surface area (Å²) in [6.07, 6.45) is 2.36. The van der Waals surface area contributed by atoms with Gasteiger partial charge in [-0.1, -0.05) is 12.2 Å². The maximum absolute atomic E-state index is 11.3. The number of aromatic nitrogens is 2. The molecule has 0 unspecified atom stereocenters. The fourth-order valence-electron chi connectivity index (χ4n) is 1.57. The molecule has 0 amide bonds. The van der Waals surface area contributed by atoms with Gasteiger partial charge in [0.05, 0.1) is 5.56 Å². The summed E-state index contributed by atoms with van der Waals surface area (Å²) in [4.78, 5) is 18.7. The zero-order valence-corrected chi connectivity index (χ0v) is 9.07. The Bertz CT molecular complexity index is 446. The van der Waals surface area contributed by atoms with Crippen LogP contribution >= 0.6 is 12.2 Å². The van der Waals surface area contributed by atoms with Gasteiger partial charge in [-0.3, -0.25) is 4.79 Å². The lowest BCUT2D eigenvalue weighted by atomic mass is 10.2. The lowest BCUT2D eigenvalue weighted by Crippen LogP contribution is -2.05. The van der Waals surface area contributed by atoms with E-state index >= 15 is 0 Å². The molecule has 0 saturated heterocycles. The molecule has 14 heavy (non-hydrogen) atoms. The third-order valence-corrected chi connectivity index (χ3v) is 2.74. The molecule has 4 heteroatoms. The molecule has 1 aliphatic rings. The molecule has 1 N–H and O–H groups in total. The number of rotatable bonds is 2. The van der Waals surface area contributed by atoms with Crippen LogP contribution in [0.3, 0.4) is 0 Å². The first kappa shape index (κ1) is 9.52. The van der Waals surface area contributed by atoms with E-state index in [1.165, 1.54) is 19.8 Å². The van der Waals surface area contributed by atoms with E-state index in [0.29, 0.717) is 16.1 Å². The number of ketones is 1. The van der Waals surface area contributed by atoms with Crippen molar-refractivity contribution < 1.29 is 4.79 Å². The number of H-pyrrole nitrogens is 1. The molecule has 1 heterocycles. The van der Waals surface area contributed by atoms with Crippen LogP contribution in [0, 0.1) is 11.6 Å². The molecule has 3 nitrogen and oxygen atoms in total. The average molecular weight is 208 g/mol. The van der Waals surface area contributed by atoms with E-state index in [2.05, 4.69) is 9.97 Å². The van der Waals surface area contributed by atoms with Gasteiger partial charge in [0, 0.05) is 11.6 Å². The third-order valence-electron chi connectivity index (χ3n) is 2.44. The normalized spacial score (nSPS) is 15.6. The van der Waals surface area contributed by atoms with Crippen molar-refractivity contribution >= 4 is 18.0 Å². The number of aryl methyl sites for hydroxylation is 1. The molecule has 0 spiro atoms. The second kappa shape index (κ2) is 3.28. The van der Waals surface area contributed by atoms with Crippen LogP contribution in [-0.4, -0.2) is 15.8 Å². The van der Waals surface area contributed by atoms with Crippen LogP contribution in [-0.2, 0) is 0 Å². The zero-order chi connectivity index (χ0) is 10.3. The number of carbonyl (C=O) groups is 1. The predicted molar refractivity (Wildman–Crippen MR) is 56.1 cm³/mol. The van der Waals surface area contributed by atoms with Gasteiger partial charge in [0.2, 0.25) is 0 Å². The molecule has 1 aliphatic carbocycles. The van der Waals surface area contributed by atoms with Crippen LogP contribution in [0.4, 0.5) is 0 Å². The molecule has 2 rings (SSSR count). The number of carbonyl (C=O) groups excluding carboxylic acids is 1. The summed E-state index contributed by atoms with van der Waals surface area (Å²) in [6, 6.07) is 0. The number of hydrogen-bond acceptors (Lipinski definition) is 3. The first-order chi connectivity index (χ1) is 6.59. The Morgan fingerprint density at radius 3 is 2.64 bits per heavy atom. The van der Waals surface area contributed by atoms with E-state index in [0.717, 1.165) is 11.5 Å². The Labute approximate surface area is 87.6 Å². The van der Waals surface area contributed by atoms with Gasteiger partial charge in [-0.15, -0.1) is 0 Å². The molecular weight excluding hydrogens is 196 g/mol. The second-order valence-corrected chi connectivity index (χ2v) is 4.14. The van der Waals surface area contributed by atoms with Crippen LogP contribution in [0.5, 0.6) is 0 Å². The first-order valence-corrected chi connectivity index (χ1v) is 5.12. The van der Waals surface area contributed by atoms with Gasteiger partial charge < -0.3 is 4.98 Å². The largest absolute Gasteiger partial charge is 0.346 e. The highest BCUT2D eigenvalue weighted by Gasteiger charge is 2.26. The van der Waals surface area contributed by atoms with Crippen molar-refractivity contribution in [3.63, 3.8) is 0 Å². The molecule has 1 fully saturated rings. The first-order valence-electron chi connectivity index (χ1n) is 4.71. The van der Waals surface area contributed by atoms with E-state index in [1.807, 2.05) is 6.92 Å². The highest BCUT2D eigenvalue weighted by molar-refractivity contribution is 7.71. The van der Waals surface area contributed by atoms with Crippen LogP contribution < -0.4 is 0 Å². The van der Waals surface area contributed by atoms with Crippen molar-refractivity contribution in [1.82, 2.24) is 9.97 Å². The van der Waals surface area contributed by atoms with Crippen LogP contribution in [0.15, 0.2) is 0 Å². The van der Waals surface area contributed by atoms with Gasteiger partial charge in [-0.05, 0) is 26.7 Å². The van der Waals surface area contributed by atoms with Crippen molar-refractivity contribution in [2.75, 3.05) is 0 Å². The third kappa shape index (κ3) is 1.62. The highest BCUT2D eigenvalue weighted by Crippen LogP contribution is 2.38. The monoisotopic (exact) mass is 208 g/mol. The van der Waals surface area contributed by atoms with Crippen molar-refractivity contribution in [3.05, 3.63) is 21.7 Å². The molecule has 1 aromatic rings. The van der Waals surface area contributed by atoms with Gasteiger partial charge in [0.25, 0.3) is 0 Å². The van der Waals surface area contributed by atoms with Crippen molar-refractivity contribution in [1.29, 1.82) is 0 Å². The summed E-state index contributed by atoms with van der Waals surface area (Å²) < 4.78 is 0.440. The summed E-state index contributed by atoms with van der Waals surface area (Å²) in [5, 5.41) is 0. The maximum Gasteiger partial charge on any atom is 0.164 e. The summed E-state index contributed by atoms with van der Waals surface area (Å²) in [5.74, 6) is 1.47. The predicted octanol–water partition coefficient (Wildman–Crippen LogP) is 2.53. The minimum atomic E-state index is -0.0152. The van der Waals surface area contributed by atoms with Gasteiger partial charge in [-0.25, -0.2) is 4.98 Å². The zero-order valence-electron chi connectivity index (χ0n) is 8.26. The Kier molecular flexibility index (Phi) is 2.23. The van der Waals surface area contributed by atoms with E-state index in [1.54, 1.807) is 0 Å². The van der Waals surface area contributed by atoms with E-state index in [9.17, 15) is 4.79 Å². The number of hydrogen-bond donors (Lipinski definition) is 1. The number of Topliss-reactive ketones (excluding diaryl/α,β-unsaturated/α-hetero) is 1. The molecule has 0 bridgehead atoms. The average Bonchev–Trinajstić information content (AvgIpc) is 2.83. The lowest BCUT2D eigenvalue weighted by molar-refractivity contribution is 0.101. The van der Waals surface area contributed by atoms with Crippen LogP contribution in [0.25, 0.3) is 0 Å². The quantitative estimate of drug-likeness (QED) is 0.600. The summed E-state index contributed by atoms with van der Waals surface area (Å²) in [7, 11) is 0. The molecule has 0 aromatic carbocycles. The maximum atomic E-state index is 11.3. The van der Waals surface area contributed by atoms with Crippen molar-refractivity contribution in [2.24, 2.45) is 0 Å². The standard InChI is InChI=1S/C10H12N2OS/c1-5-8(6(2)13)10(14)12-9(11-5)7-3-4-7/h7H,3-4H2,1-2H3,(H,11,12,14). The van der Waals surface area contributed by atoms with Crippen molar-refractivity contribution in [2.45, 2.75) is 32.6 Å².